The summed E-state index contributed by atoms with van der Waals surface area (Å²) in [6, 6.07) is 17.2. The Hall–Kier alpha value is -2.58. The highest BCUT2D eigenvalue weighted by Gasteiger charge is 2.23. The fraction of sp³-hybridized carbons (Fsp3) is 0.231. The summed E-state index contributed by atoms with van der Waals surface area (Å²) in [4.78, 5) is 23.4. The molecule has 0 saturated carbocycles. The highest BCUT2D eigenvalue weighted by molar-refractivity contribution is 7.18. The average molecular weight is 547 g/mol. The van der Waals surface area contributed by atoms with Gasteiger partial charge in [0.2, 0.25) is 0 Å². The molecule has 0 radical (unpaired) electrons. The predicted molar refractivity (Wildman–Crippen MR) is 149 cm³/mol. The molecule has 2 aromatic heterocycles. The monoisotopic (exact) mass is 545 g/mol. The van der Waals surface area contributed by atoms with Gasteiger partial charge in [-0.1, -0.05) is 59.6 Å². The van der Waals surface area contributed by atoms with E-state index in [9.17, 15) is 9.90 Å². The fourth-order valence-corrected chi connectivity index (χ4v) is 6.34. The second kappa shape index (κ2) is 11.4. The minimum atomic E-state index is -0.951. The highest BCUT2D eigenvalue weighted by atomic mass is 35.5. The zero-order chi connectivity index (χ0) is 24.9. The van der Waals surface area contributed by atoms with E-state index in [2.05, 4.69) is 28.6 Å². The largest absolute Gasteiger partial charge is 0.477 e. The van der Waals surface area contributed by atoms with Crippen molar-refractivity contribution < 1.29 is 9.90 Å². The zero-order valence-corrected chi connectivity index (χ0v) is 22.5. The lowest BCUT2D eigenvalue weighted by Crippen LogP contribution is -2.23. The molecule has 0 fully saturated rings. The van der Waals surface area contributed by atoms with Crippen LogP contribution in [0.4, 0.5) is 10.8 Å². The number of carboxylic acid groups (broad SMARTS) is 1. The van der Waals surface area contributed by atoms with Gasteiger partial charge in [-0.2, -0.15) is 0 Å². The Morgan fingerprint density at radius 3 is 2.37 bits per heavy atom. The Balaban J connectivity index is 1.75. The summed E-state index contributed by atoms with van der Waals surface area (Å²) < 4.78 is 0. The van der Waals surface area contributed by atoms with Gasteiger partial charge in [0, 0.05) is 45.6 Å². The summed E-state index contributed by atoms with van der Waals surface area (Å²) in [6.07, 6.45) is 1.87. The third-order valence-electron chi connectivity index (χ3n) is 5.60. The van der Waals surface area contributed by atoms with E-state index in [1.807, 2.05) is 48.7 Å². The lowest BCUT2D eigenvalue weighted by molar-refractivity contribution is 0.0702. The number of aromatic nitrogens is 1. The van der Waals surface area contributed by atoms with Gasteiger partial charge < -0.3 is 14.9 Å². The van der Waals surface area contributed by atoms with Crippen molar-refractivity contribution in [2.24, 2.45) is 0 Å². The molecule has 0 aliphatic carbocycles. The molecule has 4 rings (SSSR count). The topological polar surface area (TPSA) is 56.7 Å². The minimum Gasteiger partial charge on any atom is -0.477 e. The third-order valence-corrected chi connectivity index (χ3v) is 8.40. The number of carboxylic acids is 1. The van der Waals surface area contributed by atoms with Crippen molar-refractivity contribution in [2.45, 2.75) is 26.9 Å². The molecule has 0 aliphatic heterocycles. The number of anilines is 2. The molecule has 35 heavy (non-hydrogen) atoms. The van der Waals surface area contributed by atoms with Crippen molar-refractivity contribution in [3.8, 4) is 10.4 Å². The maximum absolute atomic E-state index is 12.3. The quantitative estimate of drug-likeness (QED) is 0.219. The average Bonchev–Trinajstić information content (AvgIpc) is 3.50. The van der Waals surface area contributed by atoms with Gasteiger partial charge in [0.05, 0.1) is 12.2 Å². The summed E-state index contributed by atoms with van der Waals surface area (Å²) >= 11 is 15.5. The van der Waals surface area contributed by atoms with Crippen LogP contribution in [-0.2, 0) is 13.1 Å². The molecule has 0 atom stereocenters. The minimum absolute atomic E-state index is 0.294. The van der Waals surface area contributed by atoms with Crippen LogP contribution in [0.3, 0.4) is 0 Å². The van der Waals surface area contributed by atoms with E-state index in [4.69, 9.17) is 23.2 Å². The van der Waals surface area contributed by atoms with Gasteiger partial charge >= 0.3 is 5.97 Å². The highest BCUT2D eigenvalue weighted by Crippen LogP contribution is 2.39. The molecule has 0 unspecified atom stereocenters. The van der Waals surface area contributed by atoms with E-state index in [-0.39, 0.29) is 0 Å². The predicted octanol–water partition coefficient (Wildman–Crippen LogP) is 7.93. The Morgan fingerprint density at radius 1 is 0.971 bits per heavy atom. The number of rotatable bonds is 10. The molecule has 0 saturated heterocycles. The Labute approximate surface area is 223 Å². The van der Waals surface area contributed by atoms with E-state index in [0.29, 0.717) is 33.7 Å². The lowest BCUT2D eigenvalue weighted by atomic mass is 10.1. The maximum Gasteiger partial charge on any atom is 0.348 e. The van der Waals surface area contributed by atoms with Crippen LogP contribution in [0.2, 0.25) is 10.0 Å². The van der Waals surface area contributed by atoms with E-state index in [1.165, 1.54) is 11.3 Å². The Bertz CT molecular complexity index is 1300. The van der Waals surface area contributed by atoms with Crippen LogP contribution in [-0.4, -0.2) is 29.1 Å². The first-order valence-corrected chi connectivity index (χ1v) is 13.6. The van der Waals surface area contributed by atoms with Crippen molar-refractivity contribution in [2.75, 3.05) is 22.9 Å². The van der Waals surface area contributed by atoms with E-state index in [1.54, 1.807) is 23.5 Å². The molecule has 182 valence electrons. The maximum atomic E-state index is 12.3. The number of benzene rings is 2. The van der Waals surface area contributed by atoms with Gasteiger partial charge in [0.1, 0.15) is 4.88 Å². The van der Waals surface area contributed by atoms with Crippen molar-refractivity contribution in [3.63, 3.8) is 0 Å². The first kappa shape index (κ1) is 25.5. The van der Waals surface area contributed by atoms with Crippen LogP contribution >= 0.6 is 45.9 Å². The zero-order valence-electron chi connectivity index (χ0n) is 19.4. The summed E-state index contributed by atoms with van der Waals surface area (Å²) in [5.41, 5.74) is 2.51. The van der Waals surface area contributed by atoms with Crippen molar-refractivity contribution in [1.29, 1.82) is 0 Å². The molecule has 1 N–H and O–H groups in total. The Kier molecular flexibility index (Phi) is 8.34. The molecule has 0 bridgehead atoms. The van der Waals surface area contributed by atoms with Crippen LogP contribution in [0, 0.1) is 0 Å². The van der Waals surface area contributed by atoms with Gasteiger partial charge in [0.25, 0.3) is 0 Å². The number of hydrogen-bond acceptors (Lipinski definition) is 6. The third kappa shape index (κ3) is 5.98. The SMILES string of the molecule is CCN(CC)c1ncc(CN(Cc2ccc(Cl)cc2Cl)c2cc(-c3ccccc3)sc2C(=O)O)s1. The van der Waals surface area contributed by atoms with Crippen molar-refractivity contribution >= 4 is 62.7 Å². The molecule has 0 spiro atoms. The first-order valence-electron chi connectivity index (χ1n) is 11.2. The van der Waals surface area contributed by atoms with Crippen molar-refractivity contribution in [1.82, 2.24) is 4.98 Å². The molecule has 2 heterocycles. The summed E-state index contributed by atoms with van der Waals surface area (Å²) in [5, 5.41) is 12.1. The normalized spacial score (nSPS) is 11.0. The standard InChI is InChI=1S/C26H25Cl2N3O2S2/c1-3-30(4-2)26-29-14-20(34-26)16-31(15-18-10-11-19(27)12-21(18)28)22-13-23(35-24(22)25(32)33)17-8-6-5-7-9-17/h5-14H,3-4,15-16H2,1-2H3,(H,32,33). The van der Waals surface area contributed by atoms with Crippen LogP contribution < -0.4 is 9.80 Å². The van der Waals surface area contributed by atoms with Gasteiger partial charge in [-0.15, -0.1) is 22.7 Å². The van der Waals surface area contributed by atoms with Crippen LogP contribution in [0.5, 0.6) is 0 Å². The Morgan fingerprint density at radius 2 is 1.71 bits per heavy atom. The molecular weight excluding hydrogens is 521 g/mol. The number of aromatic carboxylic acids is 1. The van der Waals surface area contributed by atoms with E-state index < -0.39 is 5.97 Å². The number of carbonyl (C=O) groups is 1. The smallest absolute Gasteiger partial charge is 0.348 e. The molecular formula is C26H25Cl2N3O2S2. The molecule has 5 nitrogen and oxygen atoms in total. The lowest BCUT2D eigenvalue weighted by Gasteiger charge is -2.24. The van der Waals surface area contributed by atoms with Crippen LogP contribution in [0.25, 0.3) is 10.4 Å². The van der Waals surface area contributed by atoms with Crippen molar-refractivity contribution in [3.05, 3.63) is 86.2 Å². The van der Waals surface area contributed by atoms with Gasteiger partial charge in [-0.25, -0.2) is 9.78 Å². The van der Waals surface area contributed by atoms with Crippen LogP contribution in [0.1, 0.15) is 34.0 Å². The molecule has 0 amide bonds. The number of halogens is 2. The van der Waals surface area contributed by atoms with Gasteiger partial charge in [0.15, 0.2) is 5.13 Å². The number of hydrogen-bond donors (Lipinski definition) is 1. The number of nitrogens with zero attached hydrogens (tertiary/aromatic N) is 3. The number of thiophene rings is 1. The van der Waals surface area contributed by atoms with Gasteiger partial charge in [-0.05, 0) is 43.2 Å². The first-order chi connectivity index (χ1) is 16.9. The molecule has 4 aromatic rings. The second-order valence-corrected chi connectivity index (χ2v) is 10.9. The molecule has 9 heteroatoms. The summed E-state index contributed by atoms with van der Waals surface area (Å²) in [6.45, 7) is 6.90. The van der Waals surface area contributed by atoms with E-state index >= 15 is 0 Å². The molecule has 2 aromatic carbocycles. The number of thiazole rings is 1. The molecule has 0 aliphatic rings. The van der Waals surface area contributed by atoms with E-state index in [0.717, 1.165) is 39.1 Å². The summed E-state index contributed by atoms with van der Waals surface area (Å²) in [7, 11) is 0. The van der Waals surface area contributed by atoms with Crippen LogP contribution in [0.15, 0.2) is 60.8 Å². The fourth-order valence-electron chi connectivity index (χ4n) is 3.79. The van der Waals surface area contributed by atoms with Gasteiger partial charge in [-0.3, -0.25) is 0 Å². The summed E-state index contributed by atoms with van der Waals surface area (Å²) in [5.74, 6) is -0.951. The second-order valence-electron chi connectivity index (χ2n) is 7.87.